The van der Waals surface area contributed by atoms with Gasteiger partial charge in [-0.1, -0.05) is 0 Å². The van der Waals surface area contributed by atoms with Crippen molar-refractivity contribution in [1.82, 2.24) is 14.9 Å². The summed E-state index contributed by atoms with van der Waals surface area (Å²) >= 11 is 8.99. The molecule has 0 radical (unpaired) electrons. The predicted octanol–water partition coefficient (Wildman–Crippen LogP) is 2.89. The van der Waals surface area contributed by atoms with Gasteiger partial charge < -0.3 is 14.4 Å². The molecule has 0 saturated carbocycles. The number of nitrogens with zero attached hydrogens (tertiary/aromatic N) is 3. The fourth-order valence-electron chi connectivity index (χ4n) is 1.56. The molecule has 1 amide bonds. The summed E-state index contributed by atoms with van der Waals surface area (Å²) in [6, 6.07) is 0. The third-order valence-corrected chi connectivity index (χ3v) is 3.19. The summed E-state index contributed by atoms with van der Waals surface area (Å²) < 4.78 is 11.5. The normalized spacial score (nSPS) is 15.8. The van der Waals surface area contributed by atoms with Crippen LogP contribution in [-0.2, 0) is 4.74 Å². The summed E-state index contributed by atoms with van der Waals surface area (Å²) in [4.78, 5) is 21.1. The zero-order chi connectivity index (χ0) is 14.9. The maximum atomic E-state index is 11.8. The van der Waals surface area contributed by atoms with Crippen LogP contribution in [0.2, 0.25) is 5.28 Å². The number of rotatable bonds is 2. The number of carbonyl (C=O) groups is 1. The maximum Gasteiger partial charge on any atom is 0.410 e. The van der Waals surface area contributed by atoms with Crippen molar-refractivity contribution >= 4 is 33.6 Å². The summed E-state index contributed by atoms with van der Waals surface area (Å²) in [5, 5.41) is 0.117. The van der Waals surface area contributed by atoms with Gasteiger partial charge in [-0.05, 0) is 48.3 Å². The van der Waals surface area contributed by atoms with Gasteiger partial charge in [0.2, 0.25) is 11.2 Å². The van der Waals surface area contributed by atoms with Gasteiger partial charge in [-0.25, -0.2) is 9.78 Å². The first kappa shape index (κ1) is 15.3. The van der Waals surface area contributed by atoms with Gasteiger partial charge in [-0.3, -0.25) is 0 Å². The van der Waals surface area contributed by atoms with Gasteiger partial charge in [0.25, 0.3) is 0 Å². The Morgan fingerprint density at radius 3 is 2.75 bits per heavy atom. The zero-order valence-electron chi connectivity index (χ0n) is 11.4. The summed E-state index contributed by atoms with van der Waals surface area (Å²) in [6.07, 6.45) is 1.07. The van der Waals surface area contributed by atoms with E-state index in [1.807, 2.05) is 20.8 Å². The molecule has 1 saturated heterocycles. The molecule has 1 aromatic heterocycles. The Labute approximate surface area is 130 Å². The molecule has 0 bridgehead atoms. The number of halogens is 2. The standard InChI is InChI=1S/C12H15BrClN3O3/c1-12(2,3)20-11(18)17-5-7(6-17)19-9-8(13)4-15-10(14)16-9/h4,7H,5-6H2,1-3H3. The molecule has 0 unspecified atom stereocenters. The van der Waals surface area contributed by atoms with Crippen molar-refractivity contribution in [2.45, 2.75) is 32.5 Å². The smallest absolute Gasteiger partial charge is 0.410 e. The molecule has 0 N–H and O–H groups in total. The van der Waals surface area contributed by atoms with E-state index < -0.39 is 5.60 Å². The molecule has 110 valence electrons. The van der Waals surface area contributed by atoms with Gasteiger partial charge in [0.15, 0.2) is 0 Å². The van der Waals surface area contributed by atoms with Crippen LogP contribution in [0.4, 0.5) is 4.79 Å². The second kappa shape index (κ2) is 5.73. The molecule has 20 heavy (non-hydrogen) atoms. The van der Waals surface area contributed by atoms with Gasteiger partial charge in [0, 0.05) is 6.20 Å². The zero-order valence-corrected chi connectivity index (χ0v) is 13.7. The molecular formula is C12H15BrClN3O3. The van der Waals surface area contributed by atoms with Gasteiger partial charge in [0.05, 0.1) is 17.6 Å². The van der Waals surface area contributed by atoms with Crippen molar-refractivity contribution in [3.63, 3.8) is 0 Å². The van der Waals surface area contributed by atoms with Crippen molar-refractivity contribution in [2.75, 3.05) is 13.1 Å². The SMILES string of the molecule is CC(C)(C)OC(=O)N1CC(Oc2nc(Cl)ncc2Br)C1. The Bertz CT molecular complexity index is 515. The van der Waals surface area contributed by atoms with Crippen LogP contribution >= 0.6 is 27.5 Å². The predicted molar refractivity (Wildman–Crippen MR) is 77.0 cm³/mol. The number of likely N-dealkylation sites (tertiary alicyclic amines) is 1. The fraction of sp³-hybridized carbons (Fsp3) is 0.583. The van der Waals surface area contributed by atoms with Gasteiger partial charge in [-0.2, -0.15) is 4.98 Å². The fourth-order valence-corrected chi connectivity index (χ4v) is 1.97. The molecule has 0 aromatic carbocycles. The van der Waals surface area contributed by atoms with Gasteiger partial charge in [0.1, 0.15) is 11.7 Å². The topological polar surface area (TPSA) is 64.5 Å². The number of hydrogen-bond acceptors (Lipinski definition) is 5. The molecule has 1 aromatic rings. The quantitative estimate of drug-likeness (QED) is 0.755. The lowest BCUT2D eigenvalue weighted by Gasteiger charge is -2.39. The van der Waals surface area contributed by atoms with Gasteiger partial charge >= 0.3 is 6.09 Å². The van der Waals surface area contributed by atoms with E-state index in [0.717, 1.165) is 0 Å². The minimum Gasteiger partial charge on any atom is -0.470 e. The average molecular weight is 365 g/mol. The van der Waals surface area contributed by atoms with E-state index >= 15 is 0 Å². The van der Waals surface area contributed by atoms with Crippen LogP contribution in [0.1, 0.15) is 20.8 Å². The van der Waals surface area contributed by atoms with Crippen molar-refractivity contribution in [3.05, 3.63) is 16.0 Å². The van der Waals surface area contributed by atoms with Crippen molar-refractivity contribution < 1.29 is 14.3 Å². The summed E-state index contributed by atoms with van der Waals surface area (Å²) in [5.74, 6) is 0.374. The largest absolute Gasteiger partial charge is 0.470 e. The number of amides is 1. The first-order chi connectivity index (χ1) is 9.24. The summed E-state index contributed by atoms with van der Waals surface area (Å²) in [5.41, 5.74) is -0.494. The second-order valence-corrected chi connectivity index (χ2v) is 6.61. The monoisotopic (exact) mass is 363 g/mol. The minimum atomic E-state index is -0.494. The minimum absolute atomic E-state index is 0.117. The molecule has 2 heterocycles. The van der Waals surface area contributed by atoms with E-state index in [1.165, 1.54) is 6.20 Å². The van der Waals surface area contributed by atoms with E-state index in [9.17, 15) is 4.79 Å². The van der Waals surface area contributed by atoms with E-state index in [-0.39, 0.29) is 17.5 Å². The first-order valence-electron chi connectivity index (χ1n) is 6.07. The highest BCUT2D eigenvalue weighted by Gasteiger charge is 2.35. The molecule has 0 aliphatic carbocycles. The highest BCUT2D eigenvalue weighted by atomic mass is 79.9. The van der Waals surface area contributed by atoms with Crippen molar-refractivity contribution in [2.24, 2.45) is 0 Å². The molecule has 8 heteroatoms. The molecule has 2 rings (SSSR count). The van der Waals surface area contributed by atoms with Crippen molar-refractivity contribution in [1.29, 1.82) is 0 Å². The van der Waals surface area contributed by atoms with Crippen LogP contribution in [0, 0.1) is 0 Å². The molecular weight excluding hydrogens is 350 g/mol. The van der Waals surface area contributed by atoms with Crippen LogP contribution in [-0.4, -0.2) is 45.8 Å². The van der Waals surface area contributed by atoms with Gasteiger partial charge in [-0.15, -0.1) is 0 Å². The Morgan fingerprint density at radius 2 is 2.15 bits per heavy atom. The number of hydrogen-bond donors (Lipinski definition) is 0. The molecule has 1 aliphatic heterocycles. The number of aromatic nitrogens is 2. The second-order valence-electron chi connectivity index (χ2n) is 5.42. The number of ether oxygens (including phenoxy) is 2. The highest BCUT2D eigenvalue weighted by Crippen LogP contribution is 2.26. The Balaban J connectivity index is 1.85. The molecule has 1 aliphatic rings. The lowest BCUT2D eigenvalue weighted by atomic mass is 10.2. The van der Waals surface area contributed by atoms with E-state index in [2.05, 4.69) is 25.9 Å². The summed E-state index contributed by atoms with van der Waals surface area (Å²) in [6.45, 7) is 6.42. The third kappa shape index (κ3) is 3.96. The van der Waals surface area contributed by atoms with Crippen LogP contribution in [0.25, 0.3) is 0 Å². The van der Waals surface area contributed by atoms with Crippen molar-refractivity contribution in [3.8, 4) is 5.88 Å². The van der Waals surface area contributed by atoms with E-state index in [4.69, 9.17) is 21.1 Å². The lowest BCUT2D eigenvalue weighted by Crippen LogP contribution is -2.57. The summed E-state index contributed by atoms with van der Waals surface area (Å²) in [7, 11) is 0. The highest BCUT2D eigenvalue weighted by molar-refractivity contribution is 9.10. The lowest BCUT2D eigenvalue weighted by molar-refractivity contribution is -0.0234. The molecule has 1 fully saturated rings. The van der Waals surface area contributed by atoms with Crippen LogP contribution < -0.4 is 4.74 Å². The van der Waals surface area contributed by atoms with E-state index in [1.54, 1.807) is 4.90 Å². The Hall–Kier alpha value is -1.08. The Morgan fingerprint density at radius 1 is 1.50 bits per heavy atom. The molecule has 0 atom stereocenters. The first-order valence-corrected chi connectivity index (χ1v) is 7.24. The van der Waals surface area contributed by atoms with Crippen LogP contribution in [0.5, 0.6) is 5.88 Å². The van der Waals surface area contributed by atoms with Crippen LogP contribution in [0.3, 0.4) is 0 Å². The maximum absolute atomic E-state index is 11.8. The van der Waals surface area contributed by atoms with E-state index in [0.29, 0.717) is 23.4 Å². The molecule has 6 nitrogen and oxygen atoms in total. The third-order valence-electron chi connectivity index (χ3n) is 2.46. The average Bonchev–Trinajstić information content (AvgIpc) is 2.24. The molecule has 0 spiro atoms. The number of carbonyl (C=O) groups excluding carboxylic acids is 1. The van der Waals surface area contributed by atoms with Crippen LogP contribution in [0.15, 0.2) is 10.7 Å². The Kier molecular flexibility index (Phi) is 4.39.